The van der Waals surface area contributed by atoms with Crippen molar-refractivity contribution in [2.45, 2.75) is 63.3 Å². The minimum absolute atomic E-state index is 0.125. The van der Waals surface area contributed by atoms with Gasteiger partial charge in [-0.2, -0.15) is 5.26 Å². The zero-order valence-corrected chi connectivity index (χ0v) is 17.2. The lowest BCUT2D eigenvalue weighted by Gasteiger charge is -2.19. The van der Waals surface area contributed by atoms with Gasteiger partial charge in [0, 0.05) is 23.6 Å². The van der Waals surface area contributed by atoms with Crippen molar-refractivity contribution >= 4 is 17.3 Å². The van der Waals surface area contributed by atoms with E-state index in [1.54, 1.807) is 12.1 Å². The highest BCUT2D eigenvalue weighted by atomic mass is 32.1. The van der Waals surface area contributed by atoms with Crippen molar-refractivity contribution in [2.75, 3.05) is 0 Å². The van der Waals surface area contributed by atoms with E-state index in [9.17, 15) is 20.1 Å². The van der Waals surface area contributed by atoms with Gasteiger partial charge in [0.15, 0.2) is 0 Å². The Balaban J connectivity index is 1.82. The van der Waals surface area contributed by atoms with Crippen LogP contribution in [0.5, 0.6) is 0 Å². The van der Waals surface area contributed by atoms with Gasteiger partial charge >= 0.3 is 5.97 Å². The molecule has 0 bridgehead atoms. The van der Waals surface area contributed by atoms with E-state index >= 15 is 0 Å². The van der Waals surface area contributed by atoms with Crippen molar-refractivity contribution in [3.63, 3.8) is 0 Å². The van der Waals surface area contributed by atoms with E-state index in [-0.39, 0.29) is 18.3 Å². The third kappa shape index (κ3) is 7.75. The van der Waals surface area contributed by atoms with E-state index in [2.05, 4.69) is 6.07 Å². The summed E-state index contributed by atoms with van der Waals surface area (Å²) in [7, 11) is 0. The standard InChI is InChI=1S/C22H29NO5S/c23-14-17-11-10-16(29-17)9-7-15(24)8-12-19-18(20(25)13-21(19)26)5-3-1-2-4-6-22(27)28/h1,3,8,10-12,15,18-21,24-26H,2,4-7,9,13H2,(H,27,28)/t15-,18+,19+,20-,21+/m0/s1. The number of rotatable bonds is 11. The van der Waals surface area contributed by atoms with E-state index in [0.29, 0.717) is 43.4 Å². The summed E-state index contributed by atoms with van der Waals surface area (Å²) >= 11 is 1.43. The molecule has 5 atom stereocenters. The molecule has 158 valence electrons. The molecule has 0 unspecified atom stereocenters. The monoisotopic (exact) mass is 419 g/mol. The van der Waals surface area contributed by atoms with Crippen molar-refractivity contribution in [1.29, 1.82) is 5.26 Å². The molecular weight excluding hydrogens is 390 g/mol. The molecule has 1 aromatic rings. The molecule has 1 aromatic heterocycles. The molecule has 0 amide bonds. The molecule has 1 aliphatic carbocycles. The summed E-state index contributed by atoms with van der Waals surface area (Å²) in [5, 5.41) is 48.3. The normalized spacial score (nSPS) is 25.6. The third-order valence-electron chi connectivity index (χ3n) is 5.27. The largest absolute Gasteiger partial charge is 0.481 e. The van der Waals surface area contributed by atoms with E-state index < -0.39 is 24.3 Å². The summed E-state index contributed by atoms with van der Waals surface area (Å²) < 4.78 is 0. The van der Waals surface area contributed by atoms with Crippen molar-refractivity contribution in [1.82, 2.24) is 0 Å². The number of carbonyl (C=O) groups is 1. The number of aliphatic carboxylic acids is 1. The number of aryl methyl sites for hydroxylation is 1. The Labute approximate surface area is 175 Å². The molecule has 29 heavy (non-hydrogen) atoms. The Hall–Kier alpha value is -1.98. The maximum absolute atomic E-state index is 10.5. The van der Waals surface area contributed by atoms with Crippen LogP contribution in [0.4, 0.5) is 0 Å². The maximum Gasteiger partial charge on any atom is 0.303 e. The number of nitriles is 1. The summed E-state index contributed by atoms with van der Waals surface area (Å²) in [6.45, 7) is 0. The summed E-state index contributed by atoms with van der Waals surface area (Å²) in [6.07, 6.45) is 8.98. The molecule has 0 saturated heterocycles. The highest BCUT2D eigenvalue weighted by Gasteiger charge is 2.39. The van der Waals surface area contributed by atoms with Crippen LogP contribution in [0.1, 0.15) is 48.3 Å². The fourth-order valence-corrected chi connectivity index (χ4v) is 4.48. The van der Waals surface area contributed by atoms with Crippen molar-refractivity contribution < 1.29 is 25.2 Å². The van der Waals surface area contributed by atoms with Crippen LogP contribution in [0.15, 0.2) is 36.4 Å². The summed E-state index contributed by atoms with van der Waals surface area (Å²) in [5.74, 6) is -1.16. The predicted molar refractivity (Wildman–Crippen MR) is 111 cm³/mol. The minimum Gasteiger partial charge on any atom is -0.481 e. The molecule has 4 N–H and O–H groups in total. The van der Waals surface area contributed by atoms with Crippen molar-refractivity contribution in [3.8, 4) is 6.07 Å². The average Bonchev–Trinajstić information content (AvgIpc) is 3.25. The Morgan fingerprint density at radius 1 is 1.31 bits per heavy atom. The number of hydrogen-bond donors (Lipinski definition) is 4. The first-order valence-corrected chi connectivity index (χ1v) is 10.8. The number of allylic oxidation sites excluding steroid dienone is 2. The highest BCUT2D eigenvalue weighted by Crippen LogP contribution is 2.36. The van der Waals surface area contributed by atoms with Crippen LogP contribution in [0.3, 0.4) is 0 Å². The Morgan fingerprint density at radius 3 is 2.79 bits per heavy atom. The molecule has 1 heterocycles. The molecule has 0 radical (unpaired) electrons. The molecular formula is C22H29NO5S. The van der Waals surface area contributed by atoms with E-state index in [1.165, 1.54) is 11.3 Å². The average molecular weight is 420 g/mol. The Kier molecular flexibility index (Phi) is 9.55. The number of hydrogen-bond acceptors (Lipinski definition) is 6. The van der Waals surface area contributed by atoms with Gasteiger partial charge in [-0.25, -0.2) is 0 Å². The number of thiophene rings is 1. The fraction of sp³-hybridized carbons (Fsp3) is 0.545. The van der Waals surface area contributed by atoms with Gasteiger partial charge in [-0.15, -0.1) is 11.3 Å². The molecule has 1 saturated carbocycles. The van der Waals surface area contributed by atoms with Gasteiger partial charge in [0.1, 0.15) is 10.9 Å². The molecule has 7 heteroatoms. The van der Waals surface area contributed by atoms with Gasteiger partial charge in [0.25, 0.3) is 0 Å². The molecule has 1 fully saturated rings. The van der Waals surface area contributed by atoms with Crippen LogP contribution >= 0.6 is 11.3 Å². The van der Waals surface area contributed by atoms with Crippen molar-refractivity contribution in [3.05, 3.63) is 46.2 Å². The van der Waals surface area contributed by atoms with Gasteiger partial charge in [-0.05, 0) is 50.2 Å². The second-order valence-corrected chi connectivity index (χ2v) is 8.64. The van der Waals surface area contributed by atoms with Crippen molar-refractivity contribution in [2.24, 2.45) is 11.8 Å². The number of carboxylic acid groups (broad SMARTS) is 1. The topological polar surface area (TPSA) is 122 Å². The van der Waals surface area contributed by atoms with Gasteiger partial charge in [0.2, 0.25) is 0 Å². The Bertz CT molecular complexity index is 751. The highest BCUT2D eigenvalue weighted by molar-refractivity contribution is 7.12. The minimum atomic E-state index is -0.805. The first-order valence-electron chi connectivity index (χ1n) is 9.98. The van der Waals surface area contributed by atoms with Gasteiger partial charge in [0.05, 0.1) is 18.3 Å². The van der Waals surface area contributed by atoms with Crippen LogP contribution in [-0.4, -0.2) is 44.7 Å². The van der Waals surface area contributed by atoms with E-state index in [4.69, 9.17) is 10.4 Å². The number of carboxylic acids is 1. The zero-order valence-electron chi connectivity index (χ0n) is 16.4. The second-order valence-electron chi connectivity index (χ2n) is 7.47. The Morgan fingerprint density at radius 2 is 2.10 bits per heavy atom. The quantitative estimate of drug-likeness (QED) is 0.323. The number of aliphatic hydroxyl groups is 3. The molecule has 6 nitrogen and oxygen atoms in total. The number of aliphatic hydroxyl groups excluding tert-OH is 3. The lowest BCUT2D eigenvalue weighted by atomic mass is 9.89. The SMILES string of the molecule is N#Cc1ccc(CC[C@H](O)C=C[C@@H]2[C@@H](CC=CCCCC(=O)O)[C@@H](O)C[C@H]2O)s1. The lowest BCUT2D eigenvalue weighted by molar-refractivity contribution is -0.137. The lowest BCUT2D eigenvalue weighted by Crippen LogP contribution is -2.20. The summed E-state index contributed by atoms with van der Waals surface area (Å²) in [6, 6.07) is 5.78. The van der Waals surface area contributed by atoms with Crippen LogP contribution in [0, 0.1) is 23.2 Å². The number of unbranched alkanes of at least 4 members (excludes halogenated alkanes) is 1. The van der Waals surface area contributed by atoms with Crippen LogP contribution in [0.25, 0.3) is 0 Å². The van der Waals surface area contributed by atoms with Gasteiger partial charge in [-0.1, -0.05) is 24.3 Å². The first-order chi connectivity index (χ1) is 13.9. The van der Waals surface area contributed by atoms with Gasteiger partial charge in [-0.3, -0.25) is 4.79 Å². The molecule has 0 spiro atoms. The van der Waals surface area contributed by atoms with Crippen LogP contribution in [0.2, 0.25) is 0 Å². The summed E-state index contributed by atoms with van der Waals surface area (Å²) in [4.78, 5) is 12.2. The smallest absolute Gasteiger partial charge is 0.303 e. The van der Waals surface area contributed by atoms with Gasteiger partial charge < -0.3 is 20.4 Å². The van der Waals surface area contributed by atoms with Crippen LogP contribution < -0.4 is 0 Å². The maximum atomic E-state index is 10.5. The number of nitrogens with zero attached hydrogens (tertiary/aromatic N) is 1. The zero-order chi connectivity index (χ0) is 21.2. The predicted octanol–water partition coefficient (Wildman–Crippen LogP) is 3.03. The molecule has 1 aliphatic rings. The van der Waals surface area contributed by atoms with Crippen LogP contribution in [-0.2, 0) is 11.2 Å². The molecule has 0 aromatic carbocycles. The first kappa shape index (κ1) is 23.3. The fourth-order valence-electron chi connectivity index (χ4n) is 3.66. The molecule has 0 aliphatic heterocycles. The second kappa shape index (κ2) is 11.9. The van der Waals surface area contributed by atoms with E-state index in [1.807, 2.05) is 24.3 Å². The molecule has 2 rings (SSSR count). The van der Waals surface area contributed by atoms with E-state index in [0.717, 1.165) is 4.88 Å². The summed E-state index contributed by atoms with van der Waals surface area (Å²) in [5.41, 5.74) is 0. The third-order valence-corrected chi connectivity index (χ3v) is 6.32.